The lowest BCUT2D eigenvalue weighted by Crippen LogP contribution is -2.17. The van der Waals surface area contributed by atoms with Crippen LogP contribution in [0.3, 0.4) is 0 Å². The van der Waals surface area contributed by atoms with Gasteiger partial charge in [0.1, 0.15) is 0 Å². The van der Waals surface area contributed by atoms with Crippen LogP contribution in [0.25, 0.3) is 0 Å². The first-order chi connectivity index (χ1) is 5.63. The maximum Gasteiger partial charge on any atom is 0.304 e. The molecule has 0 atom stereocenters. The van der Waals surface area contributed by atoms with Crippen molar-refractivity contribution in [3.63, 3.8) is 0 Å². The second kappa shape index (κ2) is 6.54. The van der Waals surface area contributed by atoms with E-state index in [1.807, 2.05) is 0 Å². The highest BCUT2D eigenvalue weighted by molar-refractivity contribution is 5.87. The van der Waals surface area contributed by atoms with Crippen molar-refractivity contribution in [1.29, 1.82) is 0 Å². The van der Waals surface area contributed by atoms with Gasteiger partial charge in [-0.2, -0.15) is 0 Å². The van der Waals surface area contributed by atoms with Gasteiger partial charge in [0.2, 0.25) is 0 Å². The lowest BCUT2D eigenvalue weighted by molar-refractivity contribution is -0.136. The fourth-order valence-corrected chi connectivity index (χ4v) is 0.606. The van der Waals surface area contributed by atoms with Gasteiger partial charge in [0, 0.05) is 13.1 Å². The number of hydrogen-bond donors (Lipinski definition) is 2. The second-order valence-corrected chi connectivity index (χ2v) is 2.36. The molecule has 0 spiro atoms. The molecule has 0 aromatic heterocycles. The van der Waals surface area contributed by atoms with Crippen LogP contribution < -0.4 is 5.32 Å². The zero-order valence-electron chi connectivity index (χ0n) is 7.04. The van der Waals surface area contributed by atoms with E-state index in [-0.39, 0.29) is 12.2 Å². The number of nitrogens with one attached hydrogen (secondary N) is 1. The molecule has 68 valence electrons. The average Bonchev–Trinajstić information content (AvgIpc) is 1.95. The summed E-state index contributed by atoms with van der Waals surface area (Å²) in [5.41, 5.74) is 0. The molecule has 0 bridgehead atoms. The summed E-state index contributed by atoms with van der Waals surface area (Å²) in [7, 11) is 0. The molecule has 0 rings (SSSR count). The zero-order valence-corrected chi connectivity index (χ0v) is 7.04. The Morgan fingerprint density at radius 2 is 2.17 bits per heavy atom. The van der Waals surface area contributed by atoms with E-state index >= 15 is 0 Å². The Labute approximate surface area is 71.3 Å². The molecule has 0 heterocycles. The van der Waals surface area contributed by atoms with E-state index < -0.39 is 5.97 Å². The number of carbonyl (C=O) groups is 2. The summed E-state index contributed by atoms with van der Waals surface area (Å²) in [5, 5.41) is 11.1. The van der Waals surface area contributed by atoms with Crippen molar-refractivity contribution in [2.45, 2.75) is 13.3 Å². The molecule has 2 N–H and O–H groups in total. The van der Waals surface area contributed by atoms with Crippen LogP contribution >= 0.6 is 0 Å². The molecule has 0 saturated carbocycles. The third kappa shape index (κ3) is 8.84. The minimum atomic E-state index is -0.821. The number of carbonyl (C=O) groups excluding carboxylic acids is 1. The minimum Gasteiger partial charge on any atom is -0.481 e. The van der Waals surface area contributed by atoms with Crippen LogP contribution in [-0.4, -0.2) is 29.9 Å². The van der Waals surface area contributed by atoms with E-state index in [2.05, 4.69) is 5.32 Å². The summed E-state index contributed by atoms with van der Waals surface area (Å²) in [4.78, 5) is 20.4. The van der Waals surface area contributed by atoms with Gasteiger partial charge in [-0.25, -0.2) is 0 Å². The van der Waals surface area contributed by atoms with Gasteiger partial charge in [-0.1, -0.05) is 6.08 Å². The van der Waals surface area contributed by atoms with Gasteiger partial charge in [0.05, 0.1) is 6.42 Å². The number of allylic oxidation sites excluding steroid dienone is 1. The third-order valence-electron chi connectivity index (χ3n) is 1.13. The maximum atomic E-state index is 10.4. The Hall–Kier alpha value is -1.16. The Kier molecular flexibility index (Phi) is 5.91. The van der Waals surface area contributed by atoms with Gasteiger partial charge >= 0.3 is 5.97 Å². The summed E-state index contributed by atoms with van der Waals surface area (Å²) < 4.78 is 0. The largest absolute Gasteiger partial charge is 0.481 e. The summed E-state index contributed by atoms with van der Waals surface area (Å²) in [6.45, 7) is 2.43. The van der Waals surface area contributed by atoms with Crippen molar-refractivity contribution in [3.8, 4) is 0 Å². The molecule has 0 aromatic carbocycles. The zero-order chi connectivity index (χ0) is 9.40. The van der Waals surface area contributed by atoms with Crippen molar-refractivity contribution in [3.05, 3.63) is 12.2 Å². The Morgan fingerprint density at radius 3 is 2.67 bits per heavy atom. The molecule has 4 nitrogen and oxygen atoms in total. The van der Waals surface area contributed by atoms with Crippen LogP contribution in [0.5, 0.6) is 0 Å². The molecule has 0 saturated heterocycles. The van der Waals surface area contributed by atoms with Gasteiger partial charge in [-0.05, 0) is 13.0 Å². The number of hydrogen-bond acceptors (Lipinski definition) is 3. The normalized spacial score (nSPS) is 10.4. The van der Waals surface area contributed by atoms with E-state index in [9.17, 15) is 9.59 Å². The van der Waals surface area contributed by atoms with Crippen molar-refractivity contribution in [1.82, 2.24) is 5.32 Å². The first-order valence-electron chi connectivity index (χ1n) is 3.72. The quantitative estimate of drug-likeness (QED) is 0.442. The molecule has 0 aliphatic heterocycles. The lowest BCUT2D eigenvalue weighted by atomic mass is 10.4. The third-order valence-corrected chi connectivity index (χ3v) is 1.13. The van der Waals surface area contributed by atoms with Gasteiger partial charge in [-0.15, -0.1) is 0 Å². The van der Waals surface area contributed by atoms with Gasteiger partial charge in [0.25, 0.3) is 0 Å². The molecular weight excluding hydrogens is 158 g/mol. The van der Waals surface area contributed by atoms with Crippen LogP contribution in [0, 0.1) is 0 Å². The highest BCUT2D eigenvalue weighted by Gasteiger charge is 1.92. The minimum absolute atomic E-state index is 0.00460. The van der Waals surface area contributed by atoms with Crippen LogP contribution in [-0.2, 0) is 9.59 Å². The van der Waals surface area contributed by atoms with Gasteiger partial charge < -0.3 is 10.4 Å². The lowest BCUT2D eigenvalue weighted by Gasteiger charge is -1.96. The van der Waals surface area contributed by atoms with E-state index in [4.69, 9.17) is 5.11 Å². The predicted molar refractivity (Wildman–Crippen MR) is 44.9 cm³/mol. The number of carboxylic acid groups (broad SMARTS) is 1. The van der Waals surface area contributed by atoms with Crippen molar-refractivity contribution < 1.29 is 14.7 Å². The van der Waals surface area contributed by atoms with E-state index in [1.165, 1.54) is 13.0 Å². The molecule has 0 fully saturated rings. The summed E-state index contributed by atoms with van der Waals surface area (Å²) in [6.07, 6.45) is 3.23. The smallest absolute Gasteiger partial charge is 0.304 e. The average molecular weight is 171 g/mol. The maximum absolute atomic E-state index is 10.4. The van der Waals surface area contributed by atoms with Crippen LogP contribution in [0.2, 0.25) is 0 Å². The van der Waals surface area contributed by atoms with E-state index in [0.717, 1.165) is 0 Å². The van der Waals surface area contributed by atoms with E-state index in [1.54, 1.807) is 6.08 Å². The number of rotatable bonds is 6. The van der Waals surface area contributed by atoms with Crippen molar-refractivity contribution >= 4 is 11.8 Å². The monoisotopic (exact) mass is 171 g/mol. The van der Waals surface area contributed by atoms with Crippen molar-refractivity contribution in [2.75, 3.05) is 13.1 Å². The summed E-state index contributed by atoms with van der Waals surface area (Å²) in [6, 6.07) is 0. The molecule has 0 unspecified atom stereocenters. The SMILES string of the molecule is CC(=O)/C=C/CNCCC(=O)O. The van der Waals surface area contributed by atoms with Crippen molar-refractivity contribution in [2.24, 2.45) is 0 Å². The summed E-state index contributed by atoms with van der Waals surface area (Å²) >= 11 is 0. The van der Waals surface area contributed by atoms with Crippen LogP contribution in [0.4, 0.5) is 0 Å². The number of aliphatic carboxylic acids is 1. The van der Waals surface area contributed by atoms with Crippen LogP contribution in [0.15, 0.2) is 12.2 Å². The molecule has 0 aromatic rings. The number of carboxylic acids is 1. The molecule has 0 radical (unpaired) electrons. The van der Waals surface area contributed by atoms with Gasteiger partial charge in [0.15, 0.2) is 5.78 Å². The number of ketones is 1. The molecule has 0 amide bonds. The van der Waals surface area contributed by atoms with E-state index in [0.29, 0.717) is 13.1 Å². The molecule has 0 aliphatic carbocycles. The second-order valence-electron chi connectivity index (χ2n) is 2.36. The molecule has 12 heavy (non-hydrogen) atoms. The molecule has 0 aliphatic rings. The Balaban J connectivity index is 3.21. The standard InChI is InChI=1S/C8H13NO3/c1-7(10)3-2-5-9-6-4-8(11)12/h2-3,9H,4-6H2,1H3,(H,11,12)/b3-2+. The Bertz CT molecular complexity index is 187. The highest BCUT2D eigenvalue weighted by Crippen LogP contribution is 1.76. The first-order valence-corrected chi connectivity index (χ1v) is 3.72. The molecular formula is C8H13NO3. The summed E-state index contributed by atoms with van der Waals surface area (Å²) in [5.74, 6) is -0.826. The fraction of sp³-hybridized carbons (Fsp3) is 0.500. The van der Waals surface area contributed by atoms with Crippen LogP contribution in [0.1, 0.15) is 13.3 Å². The first kappa shape index (κ1) is 10.8. The topological polar surface area (TPSA) is 66.4 Å². The fourth-order valence-electron chi connectivity index (χ4n) is 0.606. The Morgan fingerprint density at radius 1 is 1.50 bits per heavy atom. The highest BCUT2D eigenvalue weighted by atomic mass is 16.4. The predicted octanol–water partition coefficient (Wildman–Crippen LogP) is 0.196. The van der Waals surface area contributed by atoms with Gasteiger partial charge in [-0.3, -0.25) is 9.59 Å². The molecule has 4 heteroatoms.